The number of allylic oxidation sites excluding steroid dienone is 1. The molecule has 3 rings (SSSR count). The zero-order chi connectivity index (χ0) is 32.1. The second kappa shape index (κ2) is 18.0. The normalized spacial score (nSPS) is 17.2. The predicted octanol–water partition coefficient (Wildman–Crippen LogP) is 6.00. The minimum absolute atomic E-state index is 0.0494. The van der Waals surface area contributed by atoms with Crippen molar-refractivity contribution in [3.63, 3.8) is 0 Å². The molecule has 1 saturated carbocycles. The van der Waals surface area contributed by atoms with Gasteiger partial charge in [0, 0.05) is 61.3 Å². The molecule has 0 unspecified atom stereocenters. The molecule has 242 valence electrons. The fourth-order valence-corrected chi connectivity index (χ4v) is 7.54. The van der Waals surface area contributed by atoms with Crippen LogP contribution in [0.3, 0.4) is 0 Å². The average molecular weight is 649 g/mol. The van der Waals surface area contributed by atoms with Crippen LogP contribution in [0, 0.1) is 5.92 Å². The third kappa shape index (κ3) is 11.1. The molecule has 1 aromatic heterocycles. The van der Waals surface area contributed by atoms with Crippen molar-refractivity contribution in [3.05, 3.63) is 34.4 Å². The molecule has 0 N–H and O–H groups in total. The van der Waals surface area contributed by atoms with Crippen LogP contribution in [0.25, 0.3) is 11.0 Å². The van der Waals surface area contributed by atoms with Gasteiger partial charge in [0.15, 0.2) is 0 Å². The molecule has 13 heteroatoms. The number of fused-ring (bicyclic) bond motifs is 1. The maximum Gasteiger partial charge on any atom is 0.306 e. The molecule has 0 radical (unpaired) electrons. The van der Waals surface area contributed by atoms with E-state index >= 15 is 0 Å². The van der Waals surface area contributed by atoms with Crippen molar-refractivity contribution >= 4 is 56.9 Å². The van der Waals surface area contributed by atoms with Gasteiger partial charge < -0.3 is 19.3 Å². The van der Waals surface area contributed by atoms with E-state index in [-0.39, 0.29) is 49.4 Å². The van der Waals surface area contributed by atoms with Crippen LogP contribution in [0.2, 0.25) is 0 Å². The number of carbonyl (C=O) groups is 4. The van der Waals surface area contributed by atoms with Gasteiger partial charge in [-0.15, -0.1) is 0 Å². The quantitative estimate of drug-likeness (QED) is 0.0866. The molecule has 1 fully saturated rings. The van der Waals surface area contributed by atoms with Crippen molar-refractivity contribution in [1.29, 1.82) is 0 Å². The Balaban J connectivity index is 1.32. The van der Waals surface area contributed by atoms with Gasteiger partial charge in [-0.1, -0.05) is 35.4 Å². The monoisotopic (exact) mass is 648 g/mol. The first kappa shape index (κ1) is 35.4. The van der Waals surface area contributed by atoms with Crippen LogP contribution >= 0.6 is 21.6 Å². The molecule has 1 aliphatic rings. The highest BCUT2D eigenvalue weighted by atomic mass is 33.1. The Kier molecular flexibility index (Phi) is 14.5. The van der Waals surface area contributed by atoms with E-state index in [1.54, 1.807) is 58.8 Å². The highest BCUT2D eigenvalue weighted by molar-refractivity contribution is 8.78. The molecule has 0 saturated heterocycles. The number of amides is 2. The van der Waals surface area contributed by atoms with Crippen LogP contribution in [0.1, 0.15) is 88.9 Å². The number of esters is 2. The Bertz CT molecular complexity index is 1290. The van der Waals surface area contributed by atoms with Crippen LogP contribution in [0.4, 0.5) is 0 Å². The zero-order valence-corrected chi connectivity index (χ0v) is 27.9. The van der Waals surface area contributed by atoms with Crippen molar-refractivity contribution < 1.29 is 33.3 Å². The second-order valence-electron chi connectivity index (χ2n) is 11.4. The van der Waals surface area contributed by atoms with Crippen LogP contribution in [-0.4, -0.2) is 83.0 Å². The number of carbonyl (C=O) groups excluding carboxylic acids is 4. The zero-order valence-electron chi connectivity index (χ0n) is 26.3. The van der Waals surface area contributed by atoms with Crippen LogP contribution in [-0.2, 0) is 23.9 Å². The standard InChI is InChI=1S/C31H44N4O7S2/c1-21(2)16-18-43-44-28(22(3)34(4)20-36)15-17-40-29(37)7-6-8-30(38)41-25-12-10-24(11-13-25)35(5)31(39)23-9-14-26-27(19-23)33-42-32-26/h9,14,19-21,24-25H,6-8,10-13,15-18H2,1-5H3/b28-22-. The number of aromatic nitrogens is 2. The first-order valence-corrected chi connectivity index (χ1v) is 17.4. The van der Waals surface area contributed by atoms with Crippen molar-refractivity contribution in [2.24, 2.45) is 5.92 Å². The second-order valence-corrected chi connectivity index (χ2v) is 14.0. The van der Waals surface area contributed by atoms with E-state index < -0.39 is 0 Å². The summed E-state index contributed by atoms with van der Waals surface area (Å²) in [5, 5.41) is 7.57. The van der Waals surface area contributed by atoms with E-state index in [0.29, 0.717) is 48.2 Å². The molecular formula is C31H44N4O7S2. The fraction of sp³-hybridized carbons (Fsp3) is 0.613. The molecule has 1 heterocycles. The lowest BCUT2D eigenvalue weighted by Crippen LogP contribution is -2.41. The van der Waals surface area contributed by atoms with E-state index in [0.717, 1.165) is 42.0 Å². The summed E-state index contributed by atoms with van der Waals surface area (Å²) < 4.78 is 15.8. The number of nitrogens with zero attached hydrogens (tertiary/aromatic N) is 4. The Hall–Kier alpha value is -3.06. The Morgan fingerprint density at radius 3 is 2.45 bits per heavy atom. The molecule has 1 aliphatic carbocycles. The van der Waals surface area contributed by atoms with E-state index in [4.69, 9.17) is 14.1 Å². The molecule has 1 aromatic carbocycles. The van der Waals surface area contributed by atoms with Gasteiger partial charge in [-0.2, -0.15) is 0 Å². The maximum absolute atomic E-state index is 13.0. The van der Waals surface area contributed by atoms with Crippen LogP contribution < -0.4 is 0 Å². The van der Waals surface area contributed by atoms with Crippen molar-refractivity contribution in [2.75, 3.05) is 26.5 Å². The van der Waals surface area contributed by atoms with Gasteiger partial charge in [0.05, 0.1) is 6.61 Å². The smallest absolute Gasteiger partial charge is 0.306 e. The topological polar surface area (TPSA) is 132 Å². The van der Waals surface area contributed by atoms with Gasteiger partial charge in [0.1, 0.15) is 17.1 Å². The summed E-state index contributed by atoms with van der Waals surface area (Å²) >= 11 is 0. The van der Waals surface area contributed by atoms with Gasteiger partial charge in [-0.25, -0.2) is 4.63 Å². The molecule has 44 heavy (non-hydrogen) atoms. The van der Waals surface area contributed by atoms with Crippen molar-refractivity contribution in [2.45, 2.75) is 90.7 Å². The van der Waals surface area contributed by atoms with Gasteiger partial charge >= 0.3 is 11.9 Å². The van der Waals surface area contributed by atoms with E-state index in [1.807, 2.05) is 6.92 Å². The predicted molar refractivity (Wildman–Crippen MR) is 171 cm³/mol. The summed E-state index contributed by atoms with van der Waals surface area (Å²) in [6.07, 6.45) is 5.63. The summed E-state index contributed by atoms with van der Waals surface area (Å²) in [5.74, 6) is 0.838. The number of benzene rings is 1. The summed E-state index contributed by atoms with van der Waals surface area (Å²) in [5.41, 5.74) is 2.50. The number of hydrogen-bond donors (Lipinski definition) is 0. The van der Waals surface area contributed by atoms with E-state index in [2.05, 4.69) is 24.2 Å². The highest BCUT2D eigenvalue weighted by Gasteiger charge is 2.29. The average Bonchev–Trinajstić information content (AvgIpc) is 3.49. The Morgan fingerprint density at radius 2 is 1.75 bits per heavy atom. The van der Waals surface area contributed by atoms with Crippen molar-refractivity contribution in [1.82, 2.24) is 20.1 Å². The molecule has 0 aliphatic heterocycles. The highest BCUT2D eigenvalue weighted by Crippen LogP contribution is 2.36. The molecule has 0 bridgehead atoms. The molecule has 11 nitrogen and oxygen atoms in total. The molecule has 0 spiro atoms. The third-order valence-electron chi connectivity index (χ3n) is 7.69. The van der Waals surface area contributed by atoms with Crippen LogP contribution in [0.15, 0.2) is 33.4 Å². The summed E-state index contributed by atoms with van der Waals surface area (Å²) in [6, 6.07) is 5.15. The minimum Gasteiger partial charge on any atom is -0.465 e. The lowest BCUT2D eigenvalue weighted by molar-refractivity contribution is -0.151. The first-order chi connectivity index (χ1) is 21.1. The lowest BCUT2D eigenvalue weighted by atomic mass is 9.91. The fourth-order valence-electron chi connectivity index (χ4n) is 4.74. The number of hydrogen-bond acceptors (Lipinski definition) is 11. The van der Waals surface area contributed by atoms with Crippen LogP contribution in [0.5, 0.6) is 0 Å². The van der Waals surface area contributed by atoms with Gasteiger partial charge in [-0.3, -0.25) is 19.2 Å². The maximum atomic E-state index is 13.0. The van der Waals surface area contributed by atoms with Gasteiger partial charge in [0.2, 0.25) is 6.41 Å². The summed E-state index contributed by atoms with van der Waals surface area (Å²) in [6.45, 7) is 6.47. The summed E-state index contributed by atoms with van der Waals surface area (Å²) in [4.78, 5) is 53.2. The van der Waals surface area contributed by atoms with Gasteiger partial charge in [0.25, 0.3) is 5.91 Å². The van der Waals surface area contributed by atoms with E-state index in [1.165, 1.54) is 4.90 Å². The Morgan fingerprint density at radius 1 is 1.05 bits per heavy atom. The SMILES string of the molecule is C/C(=C(\CCOC(=O)CCCC(=O)OC1CCC(N(C)C(=O)c2ccc3nonc3c2)CC1)SSCCC(C)C)N(C)C=O. The first-order valence-electron chi connectivity index (χ1n) is 15.1. The largest absolute Gasteiger partial charge is 0.465 e. The lowest BCUT2D eigenvalue weighted by Gasteiger charge is -2.34. The molecular weight excluding hydrogens is 604 g/mol. The molecule has 0 atom stereocenters. The third-order valence-corrected chi connectivity index (χ3v) is 10.4. The molecule has 2 aromatic rings. The van der Waals surface area contributed by atoms with Crippen molar-refractivity contribution in [3.8, 4) is 0 Å². The van der Waals surface area contributed by atoms with E-state index in [9.17, 15) is 19.2 Å². The number of rotatable bonds is 17. The molecule has 2 amide bonds. The van der Waals surface area contributed by atoms with Gasteiger partial charge in [-0.05, 0) is 79.9 Å². The Labute approximate surface area is 267 Å². The number of ether oxygens (including phenoxy) is 2. The summed E-state index contributed by atoms with van der Waals surface area (Å²) in [7, 11) is 6.86. The minimum atomic E-state index is -0.358.